The normalized spacial score (nSPS) is 15.6. The van der Waals surface area contributed by atoms with Gasteiger partial charge in [-0.05, 0) is 53.4 Å². The average Bonchev–Trinajstić information content (AvgIpc) is 3.11. The van der Waals surface area contributed by atoms with E-state index in [1.807, 2.05) is 0 Å². The van der Waals surface area contributed by atoms with E-state index in [0.29, 0.717) is 18.2 Å². The SMILES string of the molecule is COc1cc(C(C)C)ccc1-c1ccc2c(c1)CN(C)C2CNc1cnccc1C(=O)O. The lowest BCUT2D eigenvalue weighted by Gasteiger charge is -2.22. The number of aromatic nitrogens is 1. The maximum absolute atomic E-state index is 11.5. The number of nitrogens with one attached hydrogen (secondary N) is 1. The minimum atomic E-state index is -0.961. The van der Waals surface area contributed by atoms with Crippen molar-refractivity contribution >= 4 is 11.7 Å². The van der Waals surface area contributed by atoms with Crippen LogP contribution >= 0.6 is 0 Å². The molecule has 0 spiro atoms. The third-order valence-corrected chi connectivity index (χ3v) is 6.19. The number of carbonyl (C=O) groups is 1. The summed E-state index contributed by atoms with van der Waals surface area (Å²) in [5.41, 5.74) is 6.78. The fourth-order valence-electron chi connectivity index (χ4n) is 4.35. The second kappa shape index (κ2) is 9.01. The van der Waals surface area contributed by atoms with Gasteiger partial charge in [-0.3, -0.25) is 9.88 Å². The molecule has 1 aromatic heterocycles. The Hall–Kier alpha value is -3.38. The van der Waals surface area contributed by atoms with E-state index in [1.165, 1.54) is 29.0 Å². The first-order valence-electron chi connectivity index (χ1n) is 10.8. The number of hydrogen-bond donors (Lipinski definition) is 2. The number of ether oxygens (including phenoxy) is 1. The van der Waals surface area contributed by atoms with E-state index in [9.17, 15) is 9.90 Å². The van der Waals surface area contributed by atoms with Gasteiger partial charge in [0.2, 0.25) is 0 Å². The van der Waals surface area contributed by atoms with Gasteiger partial charge in [-0.2, -0.15) is 0 Å². The maximum Gasteiger partial charge on any atom is 0.337 e. The number of carboxylic acid groups (broad SMARTS) is 1. The number of methoxy groups -OCH3 is 1. The van der Waals surface area contributed by atoms with Gasteiger partial charge in [-0.1, -0.05) is 38.1 Å². The van der Waals surface area contributed by atoms with Crippen molar-refractivity contribution in [1.82, 2.24) is 9.88 Å². The number of rotatable bonds is 7. The van der Waals surface area contributed by atoms with E-state index < -0.39 is 5.97 Å². The zero-order chi connectivity index (χ0) is 22.8. The summed E-state index contributed by atoms with van der Waals surface area (Å²) < 4.78 is 5.70. The molecule has 0 radical (unpaired) electrons. The number of benzene rings is 2. The van der Waals surface area contributed by atoms with Crippen LogP contribution in [0.2, 0.25) is 0 Å². The molecule has 1 atom stereocenters. The minimum Gasteiger partial charge on any atom is -0.496 e. The number of hydrogen-bond acceptors (Lipinski definition) is 5. The zero-order valence-corrected chi connectivity index (χ0v) is 18.9. The quantitative estimate of drug-likeness (QED) is 0.537. The van der Waals surface area contributed by atoms with E-state index in [2.05, 4.69) is 72.5 Å². The average molecular weight is 432 g/mol. The molecule has 6 heteroatoms. The van der Waals surface area contributed by atoms with Gasteiger partial charge in [0.05, 0.1) is 30.6 Å². The van der Waals surface area contributed by atoms with Gasteiger partial charge in [-0.15, -0.1) is 0 Å². The molecule has 6 nitrogen and oxygen atoms in total. The molecule has 3 aromatic rings. The molecule has 166 valence electrons. The van der Waals surface area contributed by atoms with E-state index in [0.717, 1.165) is 23.4 Å². The van der Waals surface area contributed by atoms with Crippen LogP contribution in [0.25, 0.3) is 11.1 Å². The number of carboxylic acids is 1. The highest BCUT2D eigenvalue weighted by Crippen LogP contribution is 2.38. The zero-order valence-electron chi connectivity index (χ0n) is 18.9. The van der Waals surface area contributed by atoms with E-state index >= 15 is 0 Å². The largest absolute Gasteiger partial charge is 0.496 e. The fraction of sp³-hybridized carbons (Fsp3) is 0.308. The Bertz CT molecular complexity index is 1140. The second-order valence-corrected chi connectivity index (χ2v) is 8.57. The first-order valence-corrected chi connectivity index (χ1v) is 10.8. The van der Waals surface area contributed by atoms with E-state index in [1.54, 1.807) is 13.3 Å². The van der Waals surface area contributed by atoms with Crippen molar-refractivity contribution in [1.29, 1.82) is 0 Å². The molecule has 2 aromatic carbocycles. The Morgan fingerprint density at radius 3 is 2.78 bits per heavy atom. The molecule has 2 N–H and O–H groups in total. The van der Waals surface area contributed by atoms with E-state index in [4.69, 9.17) is 4.74 Å². The van der Waals surface area contributed by atoms with Gasteiger partial charge >= 0.3 is 5.97 Å². The molecule has 32 heavy (non-hydrogen) atoms. The predicted octanol–water partition coefficient (Wildman–Crippen LogP) is 5.18. The van der Waals surface area contributed by atoms with Crippen molar-refractivity contribution in [3.8, 4) is 16.9 Å². The van der Waals surface area contributed by atoms with Crippen molar-refractivity contribution in [2.75, 3.05) is 26.0 Å². The predicted molar refractivity (Wildman–Crippen MR) is 126 cm³/mol. The highest BCUT2D eigenvalue weighted by Gasteiger charge is 2.28. The van der Waals surface area contributed by atoms with Crippen LogP contribution in [0.3, 0.4) is 0 Å². The Balaban J connectivity index is 1.59. The molecule has 0 saturated heterocycles. The molecule has 0 amide bonds. The summed E-state index contributed by atoms with van der Waals surface area (Å²) >= 11 is 0. The van der Waals surface area contributed by atoms with Crippen molar-refractivity contribution < 1.29 is 14.6 Å². The number of nitrogens with zero attached hydrogens (tertiary/aromatic N) is 2. The molecular weight excluding hydrogens is 402 g/mol. The monoisotopic (exact) mass is 431 g/mol. The number of fused-ring (bicyclic) bond motifs is 1. The Labute approximate surface area is 188 Å². The van der Waals surface area contributed by atoms with Crippen LogP contribution in [0.15, 0.2) is 54.9 Å². The molecule has 2 heterocycles. The first kappa shape index (κ1) is 21.8. The standard InChI is InChI=1S/C26H29N3O3/c1-16(2)17-5-8-21(25(12-17)32-4)18-6-7-20-19(11-18)15-29(3)24(20)14-28-23-13-27-10-9-22(23)26(30)31/h5-13,16,24,28H,14-15H2,1-4H3,(H,30,31). The second-order valence-electron chi connectivity index (χ2n) is 8.57. The lowest BCUT2D eigenvalue weighted by molar-refractivity contribution is 0.0697. The van der Waals surface area contributed by atoms with Gasteiger partial charge in [0.15, 0.2) is 0 Å². The summed E-state index contributed by atoms with van der Waals surface area (Å²) in [6.45, 7) is 5.79. The van der Waals surface area contributed by atoms with Gasteiger partial charge in [0.1, 0.15) is 5.75 Å². The summed E-state index contributed by atoms with van der Waals surface area (Å²) in [7, 11) is 3.81. The van der Waals surface area contributed by atoms with Crippen LogP contribution < -0.4 is 10.1 Å². The number of pyridine rings is 1. The molecule has 1 aliphatic rings. The Morgan fingerprint density at radius 1 is 1.25 bits per heavy atom. The van der Waals surface area contributed by atoms with Crippen molar-refractivity contribution in [2.45, 2.75) is 32.4 Å². The maximum atomic E-state index is 11.5. The molecule has 4 rings (SSSR count). The lowest BCUT2D eigenvalue weighted by atomic mass is 9.95. The summed E-state index contributed by atoms with van der Waals surface area (Å²) in [6.07, 6.45) is 3.06. The Kier molecular flexibility index (Phi) is 6.15. The topological polar surface area (TPSA) is 74.7 Å². The summed E-state index contributed by atoms with van der Waals surface area (Å²) in [4.78, 5) is 17.8. The summed E-state index contributed by atoms with van der Waals surface area (Å²) in [5.74, 6) is 0.372. The van der Waals surface area contributed by atoms with E-state index in [-0.39, 0.29) is 11.6 Å². The highest BCUT2D eigenvalue weighted by atomic mass is 16.5. The first-order chi connectivity index (χ1) is 15.4. The summed E-state index contributed by atoms with van der Waals surface area (Å²) in [5, 5.41) is 12.7. The van der Waals surface area contributed by atoms with Crippen LogP contribution in [0.4, 0.5) is 5.69 Å². The van der Waals surface area contributed by atoms with Crippen molar-refractivity contribution in [2.24, 2.45) is 0 Å². The molecule has 0 aliphatic carbocycles. The Morgan fingerprint density at radius 2 is 2.06 bits per heavy atom. The number of aromatic carboxylic acids is 1. The van der Waals surface area contributed by atoms with Crippen molar-refractivity contribution in [3.05, 3.63) is 77.1 Å². The fourth-order valence-corrected chi connectivity index (χ4v) is 4.35. The molecule has 1 unspecified atom stereocenters. The van der Waals surface area contributed by atoms with Crippen LogP contribution in [0.1, 0.15) is 52.9 Å². The van der Waals surface area contributed by atoms with Gasteiger partial charge in [0, 0.05) is 24.8 Å². The van der Waals surface area contributed by atoms with Gasteiger partial charge in [-0.25, -0.2) is 4.79 Å². The molecule has 0 fully saturated rings. The number of anilines is 1. The summed E-state index contributed by atoms with van der Waals surface area (Å²) in [6, 6.07) is 14.7. The highest BCUT2D eigenvalue weighted by molar-refractivity contribution is 5.93. The molecule has 0 bridgehead atoms. The van der Waals surface area contributed by atoms with Crippen LogP contribution in [-0.4, -0.2) is 41.7 Å². The third-order valence-electron chi connectivity index (χ3n) is 6.19. The van der Waals surface area contributed by atoms with Crippen LogP contribution in [-0.2, 0) is 6.54 Å². The lowest BCUT2D eigenvalue weighted by Crippen LogP contribution is -2.24. The van der Waals surface area contributed by atoms with Crippen LogP contribution in [0.5, 0.6) is 5.75 Å². The van der Waals surface area contributed by atoms with Gasteiger partial charge in [0.25, 0.3) is 0 Å². The minimum absolute atomic E-state index is 0.145. The number of likely N-dealkylation sites (N-methyl/N-ethyl adjacent to an activating group) is 1. The van der Waals surface area contributed by atoms with Crippen LogP contribution in [0, 0.1) is 0 Å². The molecular formula is C26H29N3O3. The van der Waals surface area contributed by atoms with Crippen molar-refractivity contribution in [3.63, 3.8) is 0 Å². The smallest absolute Gasteiger partial charge is 0.337 e. The molecule has 1 aliphatic heterocycles. The third kappa shape index (κ3) is 4.18. The van der Waals surface area contributed by atoms with Gasteiger partial charge < -0.3 is 15.2 Å². The molecule has 0 saturated carbocycles.